The minimum atomic E-state index is -4.35. The largest absolute Gasteiger partial charge is 0.497 e. The predicted octanol–water partition coefficient (Wildman–Crippen LogP) is 2.74. The van der Waals surface area contributed by atoms with E-state index in [1.807, 2.05) is 0 Å². The van der Waals surface area contributed by atoms with Gasteiger partial charge in [-0.1, -0.05) is 0 Å². The number of halogens is 3. The van der Waals surface area contributed by atoms with E-state index in [4.69, 9.17) is 14.6 Å². The molecule has 0 radical (unpaired) electrons. The van der Waals surface area contributed by atoms with Gasteiger partial charge in [0.1, 0.15) is 23.7 Å². The van der Waals surface area contributed by atoms with Crippen molar-refractivity contribution in [3.63, 3.8) is 0 Å². The molecule has 0 fully saturated rings. The Hall–Kier alpha value is -1.96. The van der Waals surface area contributed by atoms with E-state index in [0.717, 1.165) is 0 Å². The van der Waals surface area contributed by atoms with Crippen LogP contribution in [0.2, 0.25) is 0 Å². The molecule has 1 N–H and O–H groups in total. The highest BCUT2D eigenvalue weighted by Crippen LogP contribution is 2.24. The summed E-state index contributed by atoms with van der Waals surface area (Å²) >= 11 is 0. The van der Waals surface area contributed by atoms with Crippen LogP contribution in [0.5, 0.6) is 11.5 Å². The van der Waals surface area contributed by atoms with E-state index in [2.05, 4.69) is 4.74 Å². The Kier molecular flexibility index (Phi) is 6.29. The van der Waals surface area contributed by atoms with E-state index >= 15 is 0 Å². The fraction of sp³-hybridized carbons (Fsp3) is 0.462. The van der Waals surface area contributed by atoms with Gasteiger partial charge in [-0.25, -0.2) is 4.79 Å². The number of alkyl halides is 3. The van der Waals surface area contributed by atoms with Gasteiger partial charge in [0, 0.05) is 6.42 Å². The highest BCUT2D eigenvalue weighted by molar-refractivity contribution is 5.91. The van der Waals surface area contributed by atoms with Gasteiger partial charge in [-0.15, -0.1) is 0 Å². The van der Waals surface area contributed by atoms with Crippen LogP contribution in [0, 0.1) is 0 Å². The van der Waals surface area contributed by atoms with Crippen molar-refractivity contribution in [3.05, 3.63) is 23.8 Å². The molecule has 0 aliphatic rings. The lowest BCUT2D eigenvalue weighted by Crippen LogP contribution is -2.18. The third-order valence-electron chi connectivity index (χ3n) is 2.37. The molecule has 1 aromatic rings. The SMILES string of the molecule is COc1ccc(OCCCOCC(F)(F)F)c(C(=O)O)c1. The maximum Gasteiger partial charge on any atom is 0.411 e. The number of aromatic carboxylic acids is 1. The summed E-state index contributed by atoms with van der Waals surface area (Å²) in [5, 5.41) is 9.03. The van der Waals surface area contributed by atoms with Gasteiger partial charge in [0.05, 0.1) is 20.3 Å². The molecule has 0 bridgehead atoms. The number of rotatable bonds is 8. The zero-order valence-corrected chi connectivity index (χ0v) is 11.3. The first-order valence-electron chi connectivity index (χ1n) is 6.02. The molecule has 1 aromatic carbocycles. The molecule has 5 nitrogen and oxygen atoms in total. The van der Waals surface area contributed by atoms with Crippen molar-refractivity contribution in [2.75, 3.05) is 26.9 Å². The minimum absolute atomic E-state index is 0.0461. The minimum Gasteiger partial charge on any atom is -0.497 e. The van der Waals surface area contributed by atoms with E-state index < -0.39 is 18.8 Å². The molecule has 0 aliphatic carbocycles. The van der Waals surface area contributed by atoms with Crippen molar-refractivity contribution < 1.29 is 37.3 Å². The average Bonchev–Trinajstić information content (AvgIpc) is 2.41. The average molecular weight is 308 g/mol. The highest BCUT2D eigenvalue weighted by atomic mass is 19.4. The van der Waals surface area contributed by atoms with Crippen molar-refractivity contribution >= 4 is 5.97 Å². The third-order valence-corrected chi connectivity index (χ3v) is 2.37. The Labute approximate surface area is 119 Å². The highest BCUT2D eigenvalue weighted by Gasteiger charge is 2.27. The Morgan fingerprint density at radius 1 is 1.29 bits per heavy atom. The second kappa shape index (κ2) is 7.72. The lowest BCUT2D eigenvalue weighted by atomic mass is 10.2. The molecule has 0 unspecified atom stereocenters. The number of hydrogen-bond acceptors (Lipinski definition) is 4. The van der Waals surface area contributed by atoms with Gasteiger partial charge in [0.2, 0.25) is 0 Å². The van der Waals surface area contributed by atoms with E-state index in [1.165, 1.54) is 25.3 Å². The molecule has 0 aliphatic heterocycles. The smallest absolute Gasteiger partial charge is 0.411 e. The third kappa shape index (κ3) is 6.35. The van der Waals surface area contributed by atoms with Gasteiger partial charge in [0.25, 0.3) is 0 Å². The van der Waals surface area contributed by atoms with Gasteiger partial charge in [0.15, 0.2) is 0 Å². The number of benzene rings is 1. The Balaban J connectivity index is 2.43. The van der Waals surface area contributed by atoms with Crippen LogP contribution >= 0.6 is 0 Å². The maximum atomic E-state index is 11.8. The number of ether oxygens (including phenoxy) is 3. The molecule has 0 aromatic heterocycles. The summed E-state index contributed by atoms with van der Waals surface area (Å²) in [5.41, 5.74) is -0.0782. The zero-order chi connectivity index (χ0) is 15.9. The molecular formula is C13H15F3O5. The fourth-order valence-electron chi connectivity index (χ4n) is 1.46. The summed E-state index contributed by atoms with van der Waals surface area (Å²) in [6.07, 6.45) is -4.14. The summed E-state index contributed by atoms with van der Waals surface area (Å²) in [4.78, 5) is 11.1. The van der Waals surface area contributed by atoms with Gasteiger partial charge in [-0.05, 0) is 18.2 Å². The van der Waals surface area contributed by atoms with Crippen molar-refractivity contribution in [2.24, 2.45) is 0 Å². The lowest BCUT2D eigenvalue weighted by Gasteiger charge is -2.11. The van der Waals surface area contributed by atoms with Gasteiger partial charge in [-0.3, -0.25) is 0 Å². The second-order valence-electron chi connectivity index (χ2n) is 4.04. The van der Waals surface area contributed by atoms with E-state index in [1.54, 1.807) is 0 Å². The molecule has 8 heteroatoms. The number of carboxylic acids is 1. The molecule has 0 heterocycles. The predicted molar refractivity (Wildman–Crippen MR) is 66.9 cm³/mol. The van der Waals surface area contributed by atoms with Crippen LogP contribution in [-0.2, 0) is 4.74 Å². The molecule has 118 valence electrons. The maximum absolute atomic E-state index is 11.8. The van der Waals surface area contributed by atoms with E-state index in [9.17, 15) is 18.0 Å². The Bertz CT molecular complexity index is 473. The summed E-state index contributed by atoms with van der Waals surface area (Å²) in [6.45, 7) is -1.39. The van der Waals surface area contributed by atoms with Crippen molar-refractivity contribution in [1.82, 2.24) is 0 Å². The topological polar surface area (TPSA) is 65.0 Å². The standard InChI is InChI=1S/C13H15F3O5/c1-19-9-3-4-11(10(7-9)12(17)18)21-6-2-5-20-8-13(14,15)16/h3-4,7H,2,5-6,8H2,1H3,(H,17,18). The van der Waals surface area contributed by atoms with Crippen LogP contribution in [-0.4, -0.2) is 44.2 Å². The van der Waals surface area contributed by atoms with Crippen LogP contribution in [0.4, 0.5) is 13.2 Å². The van der Waals surface area contributed by atoms with Crippen LogP contribution < -0.4 is 9.47 Å². The normalized spacial score (nSPS) is 11.2. The molecule has 0 atom stereocenters. The zero-order valence-electron chi connectivity index (χ0n) is 11.3. The second-order valence-corrected chi connectivity index (χ2v) is 4.04. The molecule has 21 heavy (non-hydrogen) atoms. The molecule has 1 rings (SSSR count). The van der Waals surface area contributed by atoms with Crippen LogP contribution in [0.1, 0.15) is 16.8 Å². The molecule has 0 amide bonds. The van der Waals surface area contributed by atoms with E-state index in [-0.39, 0.29) is 30.9 Å². The first-order chi connectivity index (χ1) is 9.83. The summed E-state index contributed by atoms with van der Waals surface area (Å²) in [6, 6.07) is 4.26. The van der Waals surface area contributed by atoms with Crippen LogP contribution in [0.25, 0.3) is 0 Å². The summed E-state index contributed by atoms with van der Waals surface area (Å²) < 4.78 is 50.0. The number of carboxylic acid groups (broad SMARTS) is 1. The molecular weight excluding hydrogens is 293 g/mol. The monoisotopic (exact) mass is 308 g/mol. The Morgan fingerprint density at radius 3 is 2.57 bits per heavy atom. The molecule has 0 spiro atoms. The van der Waals surface area contributed by atoms with E-state index in [0.29, 0.717) is 5.75 Å². The fourth-order valence-corrected chi connectivity index (χ4v) is 1.46. The van der Waals surface area contributed by atoms with Crippen molar-refractivity contribution in [3.8, 4) is 11.5 Å². The first kappa shape index (κ1) is 17.1. The number of carbonyl (C=O) groups is 1. The number of hydrogen-bond donors (Lipinski definition) is 1. The van der Waals surface area contributed by atoms with Crippen LogP contribution in [0.3, 0.4) is 0 Å². The van der Waals surface area contributed by atoms with Crippen molar-refractivity contribution in [1.29, 1.82) is 0 Å². The molecule has 0 saturated carbocycles. The lowest BCUT2D eigenvalue weighted by molar-refractivity contribution is -0.174. The van der Waals surface area contributed by atoms with Crippen molar-refractivity contribution in [2.45, 2.75) is 12.6 Å². The first-order valence-corrected chi connectivity index (χ1v) is 6.02. The van der Waals surface area contributed by atoms with Gasteiger partial charge in [-0.2, -0.15) is 13.2 Å². The summed E-state index contributed by atoms with van der Waals surface area (Å²) in [7, 11) is 1.40. The summed E-state index contributed by atoms with van der Waals surface area (Å²) in [5.74, 6) is -0.690. The Morgan fingerprint density at radius 2 is 2.00 bits per heavy atom. The van der Waals surface area contributed by atoms with Crippen LogP contribution in [0.15, 0.2) is 18.2 Å². The molecule has 0 saturated heterocycles. The van der Waals surface area contributed by atoms with Gasteiger partial charge >= 0.3 is 12.1 Å². The number of methoxy groups -OCH3 is 1. The van der Waals surface area contributed by atoms with Gasteiger partial charge < -0.3 is 19.3 Å². The quantitative estimate of drug-likeness (QED) is 0.748.